The summed E-state index contributed by atoms with van der Waals surface area (Å²) in [4.78, 5) is 21.0. The van der Waals surface area contributed by atoms with Crippen LogP contribution in [0.5, 0.6) is 0 Å². The number of aromatic nitrogens is 5. The van der Waals surface area contributed by atoms with E-state index in [-0.39, 0.29) is 123 Å². The van der Waals surface area contributed by atoms with Gasteiger partial charge in [0, 0.05) is 137 Å². The van der Waals surface area contributed by atoms with Crippen molar-refractivity contribution < 1.29 is 140 Å². The predicted octanol–water partition coefficient (Wildman–Crippen LogP) is 23.2. The molecular formula is C81H83F9Ir5N5-5. The third kappa shape index (κ3) is 31.6. The van der Waals surface area contributed by atoms with Gasteiger partial charge in [-0.2, -0.15) is 26.3 Å². The van der Waals surface area contributed by atoms with Crippen molar-refractivity contribution in [3.05, 3.63) is 268 Å². The summed E-state index contributed by atoms with van der Waals surface area (Å²) in [6, 6.07) is 53.9. The largest absolute Gasteiger partial charge is 0.399 e. The SMILES string of the molecule is CCCCCCc1c[c-]c(-c2ccccn2)cc1C.CCCCc1cc(-c2ccccn2)[c-]c(C(F)(F)F)c1.CCCCc1cc(F)[c-]c(-c2ccc(C)cn2)c1.CCCCc1cc(F)[c-]c(-c2ccccn2)c1.CCCc1cc(-c2ccc(F)c(C)n2)[c-]cc1C(F)(F)F.[Ir].[Ir].[Ir].[Ir].[Ir]. The van der Waals surface area contributed by atoms with Gasteiger partial charge in [-0.25, -0.2) is 13.2 Å². The van der Waals surface area contributed by atoms with Crippen LogP contribution in [0.2, 0.25) is 0 Å². The van der Waals surface area contributed by atoms with E-state index in [2.05, 4.69) is 95.1 Å². The number of aryl methyl sites for hydroxylation is 8. The second-order valence-corrected chi connectivity index (χ2v) is 23.2. The molecule has 0 aliphatic heterocycles. The molecule has 0 saturated heterocycles. The zero-order chi connectivity index (χ0) is 68.8. The third-order valence-electron chi connectivity index (χ3n) is 15.2. The van der Waals surface area contributed by atoms with Gasteiger partial charge in [0.15, 0.2) is 0 Å². The fraction of sp³-hybridized carbons (Fsp3) is 0.321. The van der Waals surface area contributed by atoms with Crippen LogP contribution in [0.4, 0.5) is 39.5 Å². The Bertz CT molecular complexity index is 3920. The van der Waals surface area contributed by atoms with Crippen LogP contribution < -0.4 is 0 Å². The molecule has 0 aliphatic rings. The van der Waals surface area contributed by atoms with Gasteiger partial charge in [0.2, 0.25) is 0 Å². The Morgan fingerprint density at radius 1 is 0.380 bits per heavy atom. The van der Waals surface area contributed by atoms with Gasteiger partial charge in [-0.15, -0.1) is 152 Å². The van der Waals surface area contributed by atoms with Crippen LogP contribution >= 0.6 is 0 Å². The number of rotatable bonds is 21. The predicted molar refractivity (Wildman–Crippen MR) is 364 cm³/mol. The number of hydrogen-bond donors (Lipinski definition) is 0. The first-order valence-corrected chi connectivity index (χ1v) is 32.6. The first-order valence-electron chi connectivity index (χ1n) is 32.6. The fourth-order valence-corrected chi connectivity index (χ4v) is 10.1. The smallest absolute Gasteiger partial charge is 0.305 e. The summed E-state index contributed by atoms with van der Waals surface area (Å²) in [5.74, 6) is -1.06. The van der Waals surface area contributed by atoms with Crippen LogP contribution in [0, 0.1) is 68.6 Å². The molecule has 10 rings (SSSR count). The minimum atomic E-state index is -4.40. The number of nitrogens with zero attached hydrogens (tertiary/aromatic N) is 5. The van der Waals surface area contributed by atoms with E-state index in [1.165, 1.54) is 74.4 Å². The molecule has 0 fully saturated rings. The topological polar surface area (TPSA) is 64.5 Å². The molecule has 100 heavy (non-hydrogen) atoms. The van der Waals surface area contributed by atoms with Gasteiger partial charge in [-0.05, 0) is 109 Å². The maximum Gasteiger partial charge on any atom is 0.399 e. The van der Waals surface area contributed by atoms with Crippen molar-refractivity contribution in [2.75, 3.05) is 0 Å². The Kier molecular flexibility index (Phi) is 44.8. The van der Waals surface area contributed by atoms with Crippen LogP contribution in [0.1, 0.15) is 161 Å². The zero-order valence-electron chi connectivity index (χ0n) is 57.2. The minimum Gasteiger partial charge on any atom is -0.305 e. The number of alkyl halides is 6. The molecule has 5 aromatic carbocycles. The van der Waals surface area contributed by atoms with E-state index in [1.54, 1.807) is 55.0 Å². The van der Waals surface area contributed by atoms with Crippen molar-refractivity contribution >= 4 is 0 Å². The van der Waals surface area contributed by atoms with Crippen LogP contribution in [-0.4, -0.2) is 24.9 Å². The van der Waals surface area contributed by atoms with Crippen LogP contribution in [0.3, 0.4) is 0 Å². The van der Waals surface area contributed by atoms with E-state index in [0.717, 1.165) is 108 Å². The van der Waals surface area contributed by atoms with E-state index in [0.29, 0.717) is 47.3 Å². The van der Waals surface area contributed by atoms with Gasteiger partial charge in [0.1, 0.15) is 5.82 Å². The number of benzene rings is 5. The van der Waals surface area contributed by atoms with Crippen LogP contribution in [0.15, 0.2) is 164 Å². The first-order chi connectivity index (χ1) is 45.6. The van der Waals surface area contributed by atoms with Crippen LogP contribution in [-0.2, 0) is 145 Å². The van der Waals surface area contributed by atoms with Crippen molar-refractivity contribution in [1.29, 1.82) is 0 Å². The summed E-state index contributed by atoms with van der Waals surface area (Å²) in [5.41, 5.74) is 12.5. The van der Waals surface area contributed by atoms with E-state index in [9.17, 15) is 39.5 Å². The van der Waals surface area contributed by atoms with Crippen molar-refractivity contribution in [3.8, 4) is 56.3 Å². The number of unbranched alkanes of at least 4 members (excludes halogenated alkanes) is 6. The standard InChI is InChI=1S/C18H22N.C16H14F4N.C16H15F3N.C16H17FN.C15H15FN.5Ir/c1-3-4-5-6-9-16-11-12-17(14-15(16)2)18-10-7-8-13-19-18;1-3-4-11-9-12(5-6-13(11)16(18,19)20)15-8-7-14(17)10(2)21-15;1-2-3-6-12-9-13(15-7-4-5-8-20-15)11-14(10-12)16(17,18)19;1-3-4-5-13-8-14(10-15(17)9-13)16-7-6-12(2)11-18-16;1-2-3-6-12-9-13(11-14(16)10-12)15-7-4-5-8-17-15;;;;;/h7-8,10-11,13-14H,3-6,9H2,1-2H3;6-9H,3-4H2,1-2H3;4-5,7-10H,2-3,6H2,1H3;6-9,11H,3-5H2,1-2H3;4-5,7-10H,2-3,6H2,1H3;;;;;/q5*-1;;;;;. The molecule has 0 N–H and O–H groups in total. The molecule has 5 aromatic heterocycles. The molecule has 5 radical (unpaired) electrons. The van der Waals surface area contributed by atoms with Crippen LogP contribution in [0.25, 0.3) is 56.3 Å². The molecule has 10 aromatic rings. The Hall–Kier alpha value is -5.53. The Labute approximate surface area is 653 Å². The molecule has 5 heterocycles. The summed E-state index contributed by atoms with van der Waals surface area (Å²) in [6.45, 7) is 16.0. The van der Waals surface area contributed by atoms with Crippen molar-refractivity contribution in [1.82, 2.24) is 24.9 Å². The second kappa shape index (κ2) is 48.4. The molecule has 0 unspecified atom stereocenters. The molecule has 0 amide bonds. The van der Waals surface area contributed by atoms with Crippen molar-refractivity contribution in [2.45, 2.75) is 170 Å². The van der Waals surface area contributed by atoms with E-state index in [1.807, 2.05) is 87.6 Å². The summed E-state index contributed by atoms with van der Waals surface area (Å²) < 4.78 is 118. The quantitative estimate of drug-likeness (QED) is 0.0407. The normalized spacial score (nSPS) is 10.5. The summed E-state index contributed by atoms with van der Waals surface area (Å²) in [6.07, 6.45) is 14.1. The fourth-order valence-electron chi connectivity index (χ4n) is 10.1. The Morgan fingerprint density at radius 3 is 1.27 bits per heavy atom. The average molecular weight is 2260 g/mol. The Balaban J connectivity index is 0.000000618. The number of hydrogen-bond acceptors (Lipinski definition) is 5. The third-order valence-corrected chi connectivity index (χ3v) is 15.2. The van der Waals surface area contributed by atoms with Gasteiger partial charge in [0.25, 0.3) is 0 Å². The minimum absolute atomic E-state index is 0. The molecule has 545 valence electrons. The molecule has 0 spiro atoms. The number of pyridine rings is 5. The maximum absolute atomic E-state index is 13.5. The molecule has 0 atom stereocenters. The van der Waals surface area contributed by atoms with E-state index < -0.39 is 29.3 Å². The first kappa shape index (κ1) is 92.5. The zero-order valence-corrected chi connectivity index (χ0v) is 69.2. The molecule has 19 heteroatoms. The van der Waals surface area contributed by atoms with E-state index >= 15 is 0 Å². The maximum atomic E-state index is 13.5. The average Bonchev–Trinajstić information content (AvgIpc) is 0.817. The summed E-state index contributed by atoms with van der Waals surface area (Å²) >= 11 is 0. The van der Waals surface area contributed by atoms with E-state index in [4.69, 9.17) is 0 Å². The monoisotopic (exact) mass is 2260 g/mol. The summed E-state index contributed by atoms with van der Waals surface area (Å²) in [7, 11) is 0. The number of halogens is 9. The van der Waals surface area contributed by atoms with Gasteiger partial charge in [0.05, 0.1) is 5.69 Å². The van der Waals surface area contributed by atoms with Gasteiger partial charge >= 0.3 is 12.4 Å². The molecule has 0 aliphatic carbocycles. The molecule has 0 bridgehead atoms. The van der Waals surface area contributed by atoms with Gasteiger partial charge in [-0.1, -0.05) is 173 Å². The Morgan fingerprint density at radius 2 is 0.840 bits per heavy atom. The molecule has 0 saturated carbocycles. The molecule has 5 nitrogen and oxygen atoms in total. The molecular weight excluding hydrogens is 2170 g/mol. The van der Waals surface area contributed by atoms with Crippen molar-refractivity contribution in [2.24, 2.45) is 0 Å². The van der Waals surface area contributed by atoms with Gasteiger partial charge in [-0.3, -0.25) is 4.98 Å². The second-order valence-electron chi connectivity index (χ2n) is 23.2. The van der Waals surface area contributed by atoms with Crippen molar-refractivity contribution in [3.63, 3.8) is 0 Å². The van der Waals surface area contributed by atoms with Gasteiger partial charge < -0.3 is 19.9 Å². The summed E-state index contributed by atoms with van der Waals surface area (Å²) in [5, 5.41) is 0.